The van der Waals surface area contributed by atoms with Gasteiger partial charge >= 0.3 is 6.29 Å². The fourth-order valence-corrected chi connectivity index (χ4v) is 7.79. The minimum atomic E-state index is -3.72. The number of hydrogen-bond acceptors (Lipinski definition) is 8. The summed E-state index contributed by atoms with van der Waals surface area (Å²) < 4.78 is 39.3. The number of primary amides is 1. The number of alkyl halides is 2. The lowest BCUT2D eigenvalue weighted by atomic mass is 9.83. The number of aryl methyl sites for hydroxylation is 1. The number of carbonyl (C=O) groups excluding carboxylic acids is 2. The maximum atomic E-state index is 14.0. The van der Waals surface area contributed by atoms with Crippen molar-refractivity contribution in [1.29, 1.82) is 0 Å². The van der Waals surface area contributed by atoms with Crippen LogP contribution in [0.5, 0.6) is 11.5 Å². The van der Waals surface area contributed by atoms with Crippen molar-refractivity contribution in [2.45, 2.75) is 89.1 Å². The van der Waals surface area contributed by atoms with E-state index in [0.717, 1.165) is 47.6 Å². The molecule has 1 saturated heterocycles. The largest absolute Gasteiger partial charge is 0.586 e. The first kappa shape index (κ1) is 30.6. The van der Waals surface area contributed by atoms with Gasteiger partial charge in [0.15, 0.2) is 11.5 Å². The molecule has 2 atom stereocenters. The molecule has 2 amide bonds. The van der Waals surface area contributed by atoms with Gasteiger partial charge in [0.1, 0.15) is 23.7 Å². The molecule has 3 aliphatic heterocycles. The summed E-state index contributed by atoms with van der Waals surface area (Å²) in [5, 5.41) is 10.8. The Morgan fingerprint density at radius 3 is 2.65 bits per heavy atom. The summed E-state index contributed by atoms with van der Waals surface area (Å²) in [4.78, 5) is 32.9. The van der Waals surface area contributed by atoms with Gasteiger partial charge < -0.3 is 30.7 Å². The lowest BCUT2D eigenvalue weighted by Gasteiger charge is -2.43. The molecule has 252 valence electrons. The minimum absolute atomic E-state index is 0.00805. The van der Waals surface area contributed by atoms with Crippen LogP contribution >= 0.6 is 0 Å². The third-order valence-corrected chi connectivity index (χ3v) is 10.3. The highest BCUT2D eigenvalue weighted by atomic mass is 19.3. The molecule has 0 radical (unpaired) electrons. The Labute approximate surface area is 276 Å². The lowest BCUT2D eigenvalue weighted by molar-refractivity contribution is -0.286. The number of amides is 2. The summed E-state index contributed by atoms with van der Waals surface area (Å²) in [6, 6.07) is 9.68. The molecule has 2 aliphatic carbocycles. The summed E-state index contributed by atoms with van der Waals surface area (Å²) in [6.07, 6.45) is 2.40. The number of anilines is 2. The fourth-order valence-electron chi connectivity index (χ4n) is 7.79. The van der Waals surface area contributed by atoms with E-state index in [0.29, 0.717) is 42.3 Å². The van der Waals surface area contributed by atoms with Crippen LogP contribution in [0.1, 0.15) is 73.8 Å². The number of rotatable bonds is 9. The van der Waals surface area contributed by atoms with Gasteiger partial charge in [-0.15, -0.1) is 8.78 Å². The quantitative estimate of drug-likeness (QED) is 0.299. The van der Waals surface area contributed by atoms with E-state index in [2.05, 4.69) is 45.8 Å². The van der Waals surface area contributed by atoms with Crippen molar-refractivity contribution in [3.8, 4) is 22.6 Å². The van der Waals surface area contributed by atoms with Gasteiger partial charge in [-0.2, -0.15) is 5.10 Å². The van der Waals surface area contributed by atoms with Crippen molar-refractivity contribution >= 4 is 29.2 Å². The number of hydrogen-bond donors (Lipinski definition) is 3. The van der Waals surface area contributed by atoms with E-state index in [9.17, 15) is 18.4 Å². The normalized spacial score (nSPS) is 24.2. The molecule has 4 N–H and O–H groups in total. The summed E-state index contributed by atoms with van der Waals surface area (Å²) in [5.74, 6) is 1.26. The molecule has 13 heteroatoms. The molecule has 1 aromatic heterocycles. The van der Waals surface area contributed by atoms with E-state index in [-0.39, 0.29) is 35.9 Å². The Morgan fingerprint density at radius 1 is 1.17 bits per heavy atom. The Morgan fingerprint density at radius 2 is 1.96 bits per heavy atom. The molecule has 3 aromatic rings. The number of nitrogens with zero attached hydrogens (tertiary/aromatic N) is 4. The number of aromatic nitrogens is 2. The molecule has 48 heavy (non-hydrogen) atoms. The topological polar surface area (TPSA) is 136 Å². The van der Waals surface area contributed by atoms with Crippen LogP contribution in [-0.2, 0) is 22.6 Å². The Bertz CT molecular complexity index is 1880. The molecular formula is C35H39F2N7O4. The predicted molar refractivity (Wildman–Crippen MR) is 176 cm³/mol. The maximum absolute atomic E-state index is 14.0. The molecule has 8 rings (SSSR count). The van der Waals surface area contributed by atoms with Crippen LogP contribution in [0.15, 0.2) is 35.3 Å². The molecule has 2 aromatic carbocycles. The molecular weight excluding hydrogens is 620 g/mol. The molecule has 0 bridgehead atoms. The van der Waals surface area contributed by atoms with E-state index in [1.54, 1.807) is 17.8 Å². The van der Waals surface area contributed by atoms with Crippen LogP contribution in [0.2, 0.25) is 0 Å². The number of nitrogens with two attached hydrogens (primary N) is 1. The molecule has 4 heterocycles. The molecule has 3 fully saturated rings. The third kappa shape index (κ3) is 5.23. The van der Waals surface area contributed by atoms with Gasteiger partial charge in [0.05, 0.1) is 5.69 Å². The SMILES string of the molecule is CNc1c(-c2ccc(CC3CC3)c(N3CC[C@]4(C[C@@H]3C)N=C(c3ccc5c(c3C3CC3)OC(F)(F)O5)NC4=O)c2)c(C)nn1CC(N)=O. The summed E-state index contributed by atoms with van der Waals surface area (Å²) in [6.45, 7) is 4.63. The van der Waals surface area contributed by atoms with E-state index in [1.165, 1.54) is 24.5 Å². The number of benzene rings is 2. The highest BCUT2D eigenvalue weighted by Gasteiger charge is 2.51. The maximum Gasteiger partial charge on any atom is 0.586 e. The van der Waals surface area contributed by atoms with Crippen LogP contribution in [0, 0.1) is 12.8 Å². The minimum Gasteiger partial charge on any atom is -0.395 e. The van der Waals surface area contributed by atoms with Gasteiger partial charge in [0.25, 0.3) is 5.91 Å². The zero-order valence-electron chi connectivity index (χ0n) is 27.2. The van der Waals surface area contributed by atoms with Crippen molar-refractivity contribution in [2.24, 2.45) is 16.6 Å². The van der Waals surface area contributed by atoms with Crippen LogP contribution in [-0.4, -0.2) is 58.9 Å². The first-order chi connectivity index (χ1) is 22.9. The van der Waals surface area contributed by atoms with E-state index < -0.39 is 17.7 Å². The molecule has 0 unspecified atom stereocenters. The Balaban J connectivity index is 1.11. The van der Waals surface area contributed by atoms with E-state index in [4.69, 9.17) is 20.2 Å². The van der Waals surface area contributed by atoms with Gasteiger partial charge in [-0.05, 0) is 93.5 Å². The second kappa shape index (κ2) is 10.9. The van der Waals surface area contributed by atoms with E-state index in [1.807, 2.05) is 6.92 Å². The number of halogens is 2. The van der Waals surface area contributed by atoms with Gasteiger partial charge in [-0.1, -0.05) is 12.1 Å². The third-order valence-electron chi connectivity index (χ3n) is 10.3. The van der Waals surface area contributed by atoms with Crippen molar-refractivity contribution in [1.82, 2.24) is 15.1 Å². The van der Waals surface area contributed by atoms with Crippen molar-refractivity contribution < 1.29 is 27.8 Å². The Kier molecular flexibility index (Phi) is 6.97. The number of ether oxygens (including phenoxy) is 2. The summed E-state index contributed by atoms with van der Waals surface area (Å²) >= 11 is 0. The number of piperidine rings is 1. The smallest absolute Gasteiger partial charge is 0.395 e. The van der Waals surface area contributed by atoms with Crippen molar-refractivity contribution in [3.05, 3.63) is 52.7 Å². The molecule has 1 spiro atoms. The molecule has 2 saturated carbocycles. The van der Waals surface area contributed by atoms with Crippen LogP contribution in [0.25, 0.3) is 11.1 Å². The van der Waals surface area contributed by atoms with Crippen molar-refractivity contribution in [2.75, 3.05) is 23.8 Å². The lowest BCUT2D eigenvalue weighted by Crippen LogP contribution is -2.53. The zero-order chi connectivity index (χ0) is 33.5. The highest BCUT2D eigenvalue weighted by Crippen LogP contribution is 2.54. The number of aliphatic imine (C=N–C) groups is 1. The first-order valence-corrected chi connectivity index (χ1v) is 16.7. The molecule has 11 nitrogen and oxygen atoms in total. The summed E-state index contributed by atoms with van der Waals surface area (Å²) in [7, 11) is 1.81. The average molecular weight is 660 g/mol. The highest BCUT2D eigenvalue weighted by molar-refractivity contribution is 6.16. The number of nitrogens with one attached hydrogen (secondary N) is 2. The second-order valence-electron chi connectivity index (χ2n) is 13.9. The van der Waals surface area contributed by atoms with Crippen molar-refractivity contribution in [3.63, 3.8) is 0 Å². The van der Waals surface area contributed by atoms with Gasteiger partial charge in [0.2, 0.25) is 5.91 Å². The standard InChI is InChI=1S/C35H39F2N7O4/c1-18-16-34(33(46)40-31(41-34)24-10-11-26-30(29(24)21-6-7-21)48-35(36,37)47-26)12-13-43(18)25-15-23(9-8-22(25)14-20-4-5-20)28-19(2)42-44(17-27(38)45)32(28)39-3/h8-11,15,18,20-21,39H,4-7,12-14,16-17H2,1-3H3,(H2,38,45)(H,40,41,46)/t18-,34+/m0/s1. The average Bonchev–Trinajstić information content (AvgIpc) is 3.95. The van der Waals surface area contributed by atoms with Crippen LogP contribution in [0.3, 0.4) is 0 Å². The zero-order valence-corrected chi connectivity index (χ0v) is 27.2. The first-order valence-electron chi connectivity index (χ1n) is 16.7. The van der Waals surface area contributed by atoms with Gasteiger partial charge in [-0.3, -0.25) is 14.6 Å². The Hall–Kier alpha value is -4.68. The second-order valence-corrected chi connectivity index (χ2v) is 13.9. The van der Waals surface area contributed by atoms with E-state index >= 15 is 0 Å². The molecule has 5 aliphatic rings. The monoisotopic (exact) mass is 659 g/mol. The summed E-state index contributed by atoms with van der Waals surface area (Å²) in [5.41, 5.74) is 10.9. The predicted octanol–water partition coefficient (Wildman–Crippen LogP) is 4.84. The number of carbonyl (C=O) groups is 2. The number of fused-ring (bicyclic) bond motifs is 1. The number of amidine groups is 1. The van der Waals surface area contributed by atoms with Gasteiger partial charge in [-0.25, -0.2) is 4.68 Å². The fraction of sp³-hybridized carbons (Fsp3) is 0.486. The van der Waals surface area contributed by atoms with Crippen LogP contribution in [0.4, 0.5) is 20.3 Å². The van der Waals surface area contributed by atoms with Gasteiger partial charge in [0, 0.05) is 48.4 Å². The van der Waals surface area contributed by atoms with Crippen LogP contribution < -0.4 is 30.7 Å².